The van der Waals surface area contributed by atoms with Crippen molar-refractivity contribution in [2.24, 2.45) is 5.92 Å². The van der Waals surface area contributed by atoms with Gasteiger partial charge in [-0.3, -0.25) is 4.79 Å². The lowest BCUT2D eigenvalue weighted by atomic mass is 9.94. The molecule has 17 heavy (non-hydrogen) atoms. The zero-order valence-corrected chi connectivity index (χ0v) is 10.2. The van der Waals surface area contributed by atoms with Crippen molar-refractivity contribution in [3.05, 3.63) is 23.9 Å². The van der Waals surface area contributed by atoms with E-state index in [9.17, 15) is 4.79 Å². The van der Waals surface area contributed by atoms with Gasteiger partial charge in [0, 0.05) is 19.3 Å². The summed E-state index contributed by atoms with van der Waals surface area (Å²) in [4.78, 5) is 18.1. The van der Waals surface area contributed by atoms with Gasteiger partial charge in [-0.25, -0.2) is 4.98 Å². The second-order valence-electron chi connectivity index (χ2n) is 4.58. The van der Waals surface area contributed by atoms with Gasteiger partial charge in [0.05, 0.1) is 5.56 Å². The van der Waals surface area contributed by atoms with Gasteiger partial charge in [0.1, 0.15) is 5.82 Å². The molecule has 1 aromatic rings. The van der Waals surface area contributed by atoms with Crippen LogP contribution in [0, 0.1) is 5.92 Å². The van der Waals surface area contributed by atoms with E-state index in [-0.39, 0.29) is 5.91 Å². The number of pyridine rings is 1. The third kappa shape index (κ3) is 2.57. The molecule has 0 radical (unpaired) electrons. The molecule has 1 fully saturated rings. The minimum atomic E-state index is 0.0187. The molecule has 1 amide bonds. The number of aromatic nitrogens is 1. The number of rotatable bonds is 2. The highest BCUT2D eigenvalue weighted by Crippen LogP contribution is 2.22. The molecule has 4 heteroatoms. The quantitative estimate of drug-likeness (QED) is 0.849. The van der Waals surface area contributed by atoms with Crippen molar-refractivity contribution in [3.8, 4) is 0 Å². The highest BCUT2D eigenvalue weighted by atomic mass is 16.2. The molecule has 2 N–H and O–H groups in total. The third-order valence-electron chi connectivity index (χ3n) is 3.55. The first-order valence-electron chi connectivity index (χ1n) is 6.22. The predicted molar refractivity (Wildman–Crippen MR) is 67.6 cm³/mol. The van der Waals surface area contributed by atoms with Crippen molar-refractivity contribution in [1.82, 2.24) is 9.88 Å². The monoisotopic (exact) mass is 233 g/mol. The second kappa shape index (κ2) is 5.17. The molecule has 1 saturated heterocycles. The molecule has 0 aromatic carbocycles. The number of carbonyl (C=O) groups is 1. The fraction of sp³-hybridized carbons (Fsp3) is 0.538. The van der Waals surface area contributed by atoms with Crippen molar-refractivity contribution in [2.45, 2.75) is 26.2 Å². The molecule has 0 unspecified atom stereocenters. The van der Waals surface area contributed by atoms with E-state index < -0.39 is 0 Å². The number of nitrogens with two attached hydrogens (primary N) is 1. The number of hydrogen-bond donors (Lipinski definition) is 1. The van der Waals surface area contributed by atoms with E-state index in [2.05, 4.69) is 11.9 Å². The lowest BCUT2D eigenvalue weighted by Gasteiger charge is -2.31. The van der Waals surface area contributed by atoms with Crippen molar-refractivity contribution in [2.75, 3.05) is 18.8 Å². The van der Waals surface area contributed by atoms with Gasteiger partial charge in [0.15, 0.2) is 0 Å². The van der Waals surface area contributed by atoms with Crippen LogP contribution in [0.15, 0.2) is 18.3 Å². The van der Waals surface area contributed by atoms with Crippen LogP contribution in [0.5, 0.6) is 0 Å². The first kappa shape index (κ1) is 11.9. The summed E-state index contributed by atoms with van der Waals surface area (Å²) in [6.07, 6.45) is 5.01. The molecule has 0 aliphatic carbocycles. The predicted octanol–water partition coefficient (Wildman–Crippen LogP) is 1.93. The zero-order chi connectivity index (χ0) is 12.3. The van der Waals surface area contributed by atoms with Crippen molar-refractivity contribution in [3.63, 3.8) is 0 Å². The molecule has 0 atom stereocenters. The molecule has 1 aliphatic rings. The summed E-state index contributed by atoms with van der Waals surface area (Å²) in [5, 5.41) is 0. The van der Waals surface area contributed by atoms with Gasteiger partial charge in [0.25, 0.3) is 5.91 Å². The first-order valence-corrected chi connectivity index (χ1v) is 6.22. The molecule has 1 aromatic heterocycles. The van der Waals surface area contributed by atoms with Crippen molar-refractivity contribution in [1.29, 1.82) is 0 Å². The highest BCUT2D eigenvalue weighted by molar-refractivity contribution is 5.98. The Morgan fingerprint density at radius 1 is 1.53 bits per heavy atom. The number of nitrogen functional groups attached to an aromatic ring is 1. The van der Waals surface area contributed by atoms with E-state index in [0.29, 0.717) is 11.4 Å². The first-order chi connectivity index (χ1) is 8.22. The molecule has 4 nitrogen and oxygen atoms in total. The number of carbonyl (C=O) groups excluding carboxylic acids is 1. The van der Waals surface area contributed by atoms with Crippen LogP contribution in [-0.4, -0.2) is 28.9 Å². The van der Waals surface area contributed by atoms with E-state index in [0.717, 1.165) is 31.8 Å². The Morgan fingerprint density at radius 3 is 2.82 bits per heavy atom. The van der Waals surface area contributed by atoms with E-state index in [1.54, 1.807) is 18.3 Å². The molecule has 0 saturated carbocycles. The van der Waals surface area contributed by atoms with Crippen LogP contribution in [0.1, 0.15) is 36.5 Å². The number of hydrogen-bond acceptors (Lipinski definition) is 3. The molecule has 2 rings (SSSR count). The summed E-state index contributed by atoms with van der Waals surface area (Å²) in [5.74, 6) is 1.12. The highest BCUT2D eigenvalue weighted by Gasteiger charge is 2.23. The van der Waals surface area contributed by atoms with Crippen LogP contribution in [0.3, 0.4) is 0 Å². The largest absolute Gasteiger partial charge is 0.383 e. The maximum absolute atomic E-state index is 12.2. The average Bonchev–Trinajstić information content (AvgIpc) is 2.39. The van der Waals surface area contributed by atoms with Gasteiger partial charge in [-0.15, -0.1) is 0 Å². The van der Waals surface area contributed by atoms with E-state index >= 15 is 0 Å². The van der Waals surface area contributed by atoms with Gasteiger partial charge in [-0.1, -0.05) is 13.3 Å². The summed E-state index contributed by atoms with van der Waals surface area (Å²) in [6.45, 7) is 3.89. The maximum Gasteiger partial charge on any atom is 0.257 e. The fourth-order valence-electron chi connectivity index (χ4n) is 2.31. The normalized spacial score (nSPS) is 17.1. The minimum absolute atomic E-state index is 0.0187. The summed E-state index contributed by atoms with van der Waals surface area (Å²) >= 11 is 0. The third-order valence-corrected chi connectivity index (χ3v) is 3.55. The minimum Gasteiger partial charge on any atom is -0.383 e. The molecule has 1 aliphatic heterocycles. The Labute approximate surface area is 102 Å². The van der Waals surface area contributed by atoms with Crippen LogP contribution in [0.25, 0.3) is 0 Å². The molecule has 0 spiro atoms. The van der Waals surface area contributed by atoms with Crippen LogP contribution in [-0.2, 0) is 0 Å². The summed E-state index contributed by atoms with van der Waals surface area (Å²) in [5.41, 5.74) is 6.25. The lowest BCUT2D eigenvalue weighted by molar-refractivity contribution is 0.0689. The Hall–Kier alpha value is -1.58. The number of amides is 1. The number of anilines is 1. The topological polar surface area (TPSA) is 59.2 Å². The fourth-order valence-corrected chi connectivity index (χ4v) is 2.31. The van der Waals surface area contributed by atoms with Gasteiger partial charge >= 0.3 is 0 Å². The van der Waals surface area contributed by atoms with E-state index in [1.807, 2.05) is 4.90 Å². The Bertz CT molecular complexity index is 397. The number of likely N-dealkylation sites (tertiary alicyclic amines) is 1. The lowest BCUT2D eigenvalue weighted by Crippen LogP contribution is -2.38. The Morgan fingerprint density at radius 2 is 2.24 bits per heavy atom. The molecular weight excluding hydrogens is 214 g/mol. The molecular formula is C13H19N3O. The van der Waals surface area contributed by atoms with Crippen molar-refractivity contribution >= 4 is 11.7 Å². The Kier molecular flexibility index (Phi) is 3.61. The molecule has 92 valence electrons. The summed E-state index contributed by atoms with van der Waals surface area (Å²) in [6, 6.07) is 3.50. The van der Waals surface area contributed by atoms with Gasteiger partial charge in [-0.2, -0.15) is 0 Å². The maximum atomic E-state index is 12.2. The van der Waals surface area contributed by atoms with E-state index in [4.69, 9.17) is 5.73 Å². The van der Waals surface area contributed by atoms with E-state index in [1.165, 1.54) is 6.42 Å². The Balaban J connectivity index is 2.04. The van der Waals surface area contributed by atoms with Crippen molar-refractivity contribution < 1.29 is 4.79 Å². The smallest absolute Gasteiger partial charge is 0.257 e. The second-order valence-corrected chi connectivity index (χ2v) is 4.58. The van der Waals surface area contributed by atoms with Gasteiger partial charge in [-0.05, 0) is 30.9 Å². The van der Waals surface area contributed by atoms with Crippen LogP contribution in [0.4, 0.5) is 5.82 Å². The SMILES string of the molecule is CCC1CCN(C(=O)c2cccnc2N)CC1. The average molecular weight is 233 g/mol. The van der Waals surface area contributed by atoms with Gasteiger partial charge in [0.2, 0.25) is 0 Å². The molecule has 2 heterocycles. The number of nitrogens with zero attached hydrogens (tertiary/aromatic N) is 2. The number of piperidine rings is 1. The standard InChI is InChI=1S/C13H19N3O/c1-2-10-5-8-16(9-6-10)13(17)11-4-3-7-15-12(11)14/h3-4,7,10H,2,5-6,8-9H2,1H3,(H2,14,15). The van der Waals surface area contributed by atoms with Crippen LogP contribution >= 0.6 is 0 Å². The molecule has 0 bridgehead atoms. The summed E-state index contributed by atoms with van der Waals surface area (Å²) in [7, 11) is 0. The van der Waals surface area contributed by atoms with Crippen LogP contribution in [0.2, 0.25) is 0 Å². The van der Waals surface area contributed by atoms with Crippen LogP contribution < -0.4 is 5.73 Å². The summed E-state index contributed by atoms with van der Waals surface area (Å²) < 4.78 is 0. The zero-order valence-electron chi connectivity index (χ0n) is 10.2. The van der Waals surface area contributed by atoms with Gasteiger partial charge < -0.3 is 10.6 Å².